The van der Waals surface area contributed by atoms with Crippen LogP contribution < -0.4 is 0 Å². The number of carbonyl (C=O) groups is 1. The van der Waals surface area contributed by atoms with Gasteiger partial charge in [-0.2, -0.15) is 0 Å². The Hall–Kier alpha value is -1.91. The molecule has 1 rings (SSSR count). The van der Waals surface area contributed by atoms with Gasteiger partial charge in [0.1, 0.15) is 5.60 Å². The van der Waals surface area contributed by atoms with Crippen molar-refractivity contribution in [2.75, 3.05) is 0 Å². The minimum Gasteiger partial charge on any atom is -0.456 e. The van der Waals surface area contributed by atoms with E-state index in [1.165, 1.54) is 12.1 Å². The Morgan fingerprint density at radius 2 is 1.88 bits per heavy atom. The summed E-state index contributed by atoms with van der Waals surface area (Å²) in [5.41, 5.74) is 0.132. The van der Waals surface area contributed by atoms with Gasteiger partial charge in [-0.1, -0.05) is 0 Å². The molecular weight excluding hydrogens is 222 g/mol. The first kappa shape index (κ1) is 13.2. The quantitative estimate of drug-likeness (QED) is 0.450. The van der Waals surface area contributed by atoms with Crippen LogP contribution in [0.1, 0.15) is 36.7 Å². The minimum atomic E-state index is -0.615. The van der Waals surface area contributed by atoms with E-state index in [0.29, 0.717) is 5.56 Å². The maximum Gasteiger partial charge on any atom is 0.338 e. The molecule has 0 unspecified atom stereocenters. The summed E-state index contributed by atoms with van der Waals surface area (Å²) < 4.78 is 5.15. The molecule has 0 aliphatic rings. The Balaban J connectivity index is 3.06. The molecule has 92 valence electrons. The fourth-order valence-corrected chi connectivity index (χ4v) is 1.32. The maximum absolute atomic E-state index is 11.7. The van der Waals surface area contributed by atoms with Crippen LogP contribution in [0.25, 0.3) is 0 Å². The zero-order valence-electron chi connectivity index (χ0n) is 10.3. The summed E-state index contributed by atoms with van der Waals surface area (Å²) in [6, 6.07) is 4.20. The second-order valence-electron chi connectivity index (χ2n) is 4.82. The highest BCUT2D eigenvalue weighted by Crippen LogP contribution is 2.19. The molecule has 0 bridgehead atoms. The van der Waals surface area contributed by atoms with Crippen LogP contribution in [0.2, 0.25) is 0 Å². The van der Waals surface area contributed by atoms with E-state index in [1.54, 1.807) is 33.8 Å². The zero-order chi connectivity index (χ0) is 13.2. The van der Waals surface area contributed by atoms with Crippen molar-refractivity contribution in [2.45, 2.75) is 33.3 Å². The molecule has 0 spiro atoms. The Morgan fingerprint density at radius 3 is 2.35 bits per heavy atom. The highest BCUT2D eigenvalue weighted by molar-refractivity contribution is 5.90. The third kappa shape index (κ3) is 3.86. The largest absolute Gasteiger partial charge is 0.456 e. The number of nitrogens with zero attached hydrogens (tertiary/aromatic N) is 1. The number of aryl methyl sites for hydroxylation is 1. The summed E-state index contributed by atoms with van der Waals surface area (Å²) in [6.45, 7) is 6.93. The minimum absolute atomic E-state index is 0.106. The number of benzene rings is 1. The predicted octanol–water partition coefficient (Wildman–Crippen LogP) is 2.86. The lowest BCUT2D eigenvalue weighted by atomic mass is 10.1. The van der Waals surface area contributed by atoms with Crippen molar-refractivity contribution >= 4 is 11.7 Å². The van der Waals surface area contributed by atoms with Crippen LogP contribution >= 0.6 is 0 Å². The van der Waals surface area contributed by atoms with Crippen LogP contribution in [0.15, 0.2) is 18.2 Å². The van der Waals surface area contributed by atoms with E-state index in [0.717, 1.165) is 0 Å². The molecule has 5 nitrogen and oxygen atoms in total. The van der Waals surface area contributed by atoms with Gasteiger partial charge in [-0.05, 0) is 39.3 Å². The van der Waals surface area contributed by atoms with Gasteiger partial charge in [-0.25, -0.2) is 4.79 Å². The molecule has 0 saturated heterocycles. The SMILES string of the molecule is Cc1cc(C(=O)OC(C)(C)C)cc([N+](=O)[O-])c1. The first-order valence-corrected chi connectivity index (χ1v) is 5.18. The Labute approximate surface area is 99.5 Å². The molecule has 1 aromatic rings. The van der Waals surface area contributed by atoms with Gasteiger partial charge in [-0.3, -0.25) is 10.1 Å². The highest BCUT2D eigenvalue weighted by Gasteiger charge is 2.20. The number of non-ortho nitro benzene ring substituents is 1. The van der Waals surface area contributed by atoms with Gasteiger partial charge in [0.2, 0.25) is 0 Å². The van der Waals surface area contributed by atoms with Gasteiger partial charge in [-0.15, -0.1) is 0 Å². The molecule has 0 atom stereocenters. The average molecular weight is 237 g/mol. The third-order valence-corrected chi connectivity index (χ3v) is 1.91. The summed E-state index contributed by atoms with van der Waals surface area (Å²) >= 11 is 0. The molecule has 5 heteroatoms. The first-order valence-electron chi connectivity index (χ1n) is 5.18. The molecule has 0 aliphatic heterocycles. The van der Waals surface area contributed by atoms with E-state index in [1.807, 2.05) is 0 Å². The molecule has 0 aliphatic carbocycles. The second kappa shape index (κ2) is 4.53. The van der Waals surface area contributed by atoms with Crippen molar-refractivity contribution in [1.82, 2.24) is 0 Å². The summed E-state index contributed by atoms with van der Waals surface area (Å²) in [7, 11) is 0. The molecule has 1 aromatic carbocycles. The monoisotopic (exact) mass is 237 g/mol. The Kier molecular flexibility index (Phi) is 3.50. The lowest BCUT2D eigenvalue weighted by Crippen LogP contribution is -2.24. The number of nitro groups is 1. The summed E-state index contributed by atoms with van der Waals surface area (Å²) in [5, 5.41) is 10.7. The Bertz CT molecular complexity index is 460. The van der Waals surface area contributed by atoms with Crippen molar-refractivity contribution in [3.63, 3.8) is 0 Å². The molecule has 17 heavy (non-hydrogen) atoms. The molecule has 0 amide bonds. The number of esters is 1. The van der Waals surface area contributed by atoms with Gasteiger partial charge < -0.3 is 4.74 Å². The van der Waals surface area contributed by atoms with Crippen molar-refractivity contribution in [2.24, 2.45) is 0 Å². The smallest absolute Gasteiger partial charge is 0.338 e. The molecule has 0 saturated carbocycles. The van der Waals surface area contributed by atoms with Crippen molar-refractivity contribution in [1.29, 1.82) is 0 Å². The molecule has 0 heterocycles. The summed E-state index contributed by atoms with van der Waals surface area (Å²) in [4.78, 5) is 21.9. The number of nitro benzene ring substituents is 1. The first-order chi connectivity index (χ1) is 7.69. The molecule has 0 fully saturated rings. The van der Waals surface area contributed by atoms with Crippen LogP contribution in [-0.4, -0.2) is 16.5 Å². The van der Waals surface area contributed by atoms with Crippen LogP contribution in [-0.2, 0) is 4.74 Å². The van der Waals surface area contributed by atoms with Crippen molar-refractivity contribution in [3.8, 4) is 0 Å². The number of ether oxygens (including phenoxy) is 1. The van der Waals surface area contributed by atoms with E-state index in [9.17, 15) is 14.9 Å². The molecule has 0 N–H and O–H groups in total. The lowest BCUT2D eigenvalue weighted by molar-refractivity contribution is -0.384. The van der Waals surface area contributed by atoms with E-state index in [2.05, 4.69) is 0 Å². The normalized spacial score (nSPS) is 11.1. The van der Waals surface area contributed by atoms with Crippen LogP contribution in [0.5, 0.6) is 0 Å². The number of hydrogen-bond donors (Lipinski definition) is 0. The van der Waals surface area contributed by atoms with Crippen molar-refractivity contribution < 1.29 is 14.5 Å². The topological polar surface area (TPSA) is 69.4 Å². The summed E-state index contributed by atoms with van der Waals surface area (Å²) in [5.74, 6) is -0.552. The van der Waals surface area contributed by atoms with Crippen molar-refractivity contribution in [3.05, 3.63) is 39.4 Å². The third-order valence-electron chi connectivity index (χ3n) is 1.91. The van der Waals surface area contributed by atoms with Gasteiger partial charge in [0.15, 0.2) is 0 Å². The number of hydrogen-bond acceptors (Lipinski definition) is 4. The molecular formula is C12H15NO4. The molecule has 0 aromatic heterocycles. The van der Waals surface area contributed by atoms with Gasteiger partial charge in [0.05, 0.1) is 10.5 Å². The Morgan fingerprint density at radius 1 is 1.29 bits per heavy atom. The number of carbonyl (C=O) groups excluding carboxylic acids is 1. The number of rotatable bonds is 2. The van der Waals surface area contributed by atoms with E-state index < -0.39 is 16.5 Å². The van der Waals surface area contributed by atoms with E-state index in [4.69, 9.17) is 4.74 Å². The maximum atomic E-state index is 11.7. The average Bonchev–Trinajstić information content (AvgIpc) is 2.13. The van der Waals surface area contributed by atoms with Crippen LogP contribution in [0, 0.1) is 17.0 Å². The van der Waals surface area contributed by atoms with Gasteiger partial charge in [0.25, 0.3) is 5.69 Å². The summed E-state index contributed by atoms with van der Waals surface area (Å²) in [6.07, 6.45) is 0. The second-order valence-corrected chi connectivity index (χ2v) is 4.82. The lowest BCUT2D eigenvalue weighted by Gasteiger charge is -2.19. The predicted molar refractivity (Wildman–Crippen MR) is 63.0 cm³/mol. The fraction of sp³-hybridized carbons (Fsp3) is 0.417. The standard InChI is InChI=1S/C12H15NO4/c1-8-5-9(7-10(6-8)13(15)16)11(14)17-12(2,3)4/h5-7H,1-4H3. The van der Waals surface area contributed by atoms with Gasteiger partial charge >= 0.3 is 5.97 Å². The fourth-order valence-electron chi connectivity index (χ4n) is 1.32. The van der Waals surface area contributed by atoms with E-state index >= 15 is 0 Å². The van der Waals surface area contributed by atoms with E-state index in [-0.39, 0.29) is 11.3 Å². The van der Waals surface area contributed by atoms with Gasteiger partial charge in [0, 0.05) is 12.1 Å². The highest BCUT2D eigenvalue weighted by atomic mass is 16.6. The molecule has 0 radical (unpaired) electrons. The zero-order valence-corrected chi connectivity index (χ0v) is 10.3. The van der Waals surface area contributed by atoms with Crippen LogP contribution in [0.4, 0.5) is 5.69 Å². The van der Waals surface area contributed by atoms with Crippen LogP contribution in [0.3, 0.4) is 0 Å².